The van der Waals surface area contributed by atoms with Crippen LogP contribution in [-0.4, -0.2) is 55.6 Å². The quantitative estimate of drug-likeness (QED) is 0.341. The summed E-state index contributed by atoms with van der Waals surface area (Å²) in [5.41, 5.74) is 0.833. The molecule has 3 aromatic carbocycles. The van der Waals surface area contributed by atoms with Crippen molar-refractivity contribution in [2.45, 2.75) is 44.2 Å². The van der Waals surface area contributed by atoms with Gasteiger partial charge >= 0.3 is 0 Å². The van der Waals surface area contributed by atoms with E-state index in [0.717, 1.165) is 38.0 Å². The summed E-state index contributed by atoms with van der Waals surface area (Å²) in [6.45, 7) is 4.01. The van der Waals surface area contributed by atoms with Crippen molar-refractivity contribution >= 4 is 48.5 Å². The normalized spacial score (nSPS) is 12.5. The van der Waals surface area contributed by atoms with Gasteiger partial charge in [-0.15, -0.1) is 0 Å². The Hall–Kier alpha value is -2.75. The van der Waals surface area contributed by atoms with Crippen LogP contribution in [0.5, 0.6) is 0 Å². The molecule has 0 fully saturated rings. The second kappa shape index (κ2) is 12.5. The van der Waals surface area contributed by atoms with Crippen LogP contribution in [0.15, 0.2) is 76.1 Å². The van der Waals surface area contributed by atoms with Crippen LogP contribution in [-0.2, 0) is 26.2 Å². The highest BCUT2D eigenvalue weighted by Crippen LogP contribution is 2.22. The third-order valence-electron chi connectivity index (χ3n) is 6.05. The van der Waals surface area contributed by atoms with E-state index in [0.29, 0.717) is 6.54 Å². The number of amides is 2. The molecule has 2 amide bonds. The molecule has 0 spiro atoms. The Morgan fingerprint density at radius 3 is 2.33 bits per heavy atom. The monoisotopic (exact) mass is 573 g/mol. The molecule has 0 saturated carbocycles. The molecule has 0 aromatic heterocycles. The molecule has 0 aliphatic carbocycles. The molecule has 1 atom stereocenters. The number of nitrogens with zero attached hydrogens (tertiary/aromatic N) is 2. The van der Waals surface area contributed by atoms with Gasteiger partial charge in [0.25, 0.3) is 0 Å². The van der Waals surface area contributed by atoms with Crippen molar-refractivity contribution in [1.82, 2.24) is 14.5 Å². The van der Waals surface area contributed by atoms with Crippen LogP contribution in [0.3, 0.4) is 0 Å². The standard InChI is InChI=1S/C27H32BrN3O4S/c1-4-5-16-29-27(33)20(2)31(18-21-10-13-24(28)14-11-21)26(32)19-30(3)36(34,35)25-15-12-22-8-6-7-9-23(22)17-25/h6-15,17,20H,4-5,16,18-19H2,1-3H3,(H,29,33)/t20-/m1/s1. The summed E-state index contributed by atoms with van der Waals surface area (Å²) in [6.07, 6.45) is 1.78. The van der Waals surface area contributed by atoms with E-state index in [2.05, 4.69) is 21.2 Å². The molecule has 0 unspecified atom stereocenters. The molecule has 9 heteroatoms. The van der Waals surface area contributed by atoms with Crippen LogP contribution in [0.25, 0.3) is 10.8 Å². The van der Waals surface area contributed by atoms with Crippen LogP contribution < -0.4 is 5.32 Å². The lowest BCUT2D eigenvalue weighted by Crippen LogP contribution is -2.50. The Morgan fingerprint density at radius 2 is 1.67 bits per heavy atom. The van der Waals surface area contributed by atoms with Crippen molar-refractivity contribution in [2.24, 2.45) is 0 Å². The topological polar surface area (TPSA) is 86.8 Å². The number of fused-ring (bicyclic) bond motifs is 1. The van der Waals surface area contributed by atoms with Gasteiger partial charge in [-0.3, -0.25) is 9.59 Å². The molecule has 36 heavy (non-hydrogen) atoms. The van der Waals surface area contributed by atoms with Crippen LogP contribution in [0.2, 0.25) is 0 Å². The highest BCUT2D eigenvalue weighted by atomic mass is 79.9. The summed E-state index contributed by atoms with van der Waals surface area (Å²) in [5.74, 6) is -0.725. The number of carbonyl (C=O) groups is 2. The molecule has 7 nitrogen and oxygen atoms in total. The maximum atomic E-state index is 13.4. The molecular formula is C27H32BrN3O4S. The number of sulfonamides is 1. The maximum absolute atomic E-state index is 13.4. The van der Waals surface area contributed by atoms with Crippen molar-refractivity contribution in [1.29, 1.82) is 0 Å². The molecule has 192 valence electrons. The smallest absolute Gasteiger partial charge is 0.243 e. The maximum Gasteiger partial charge on any atom is 0.243 e. The lowest BCUT2D eigenvalue weighted by atomic mass is 10.1. The van der Waals surface area contributed by atoms with Crippen LogP contribution in [0.4, 0.5) is 0 Å². The van der Waals surface area contributed by atoms with Gasteiger partial charge in [0, 0.05) is 24.6 Å². The first-order valence-corrected chi connectivity index (χ1v) is 14.1. The average Bonchev–Trinajstić information content (AvgIpc) is 2.87. The second-order valence-corrected chi connectivity index (χ2v) is 11.7. The molecule has 1 N–H and O–H groups in total. The third kappa shape index (κ3) is 6.93. The van der Waals surface area contributed by atoms with Gasteiger partial charge in [-0.25, -0.2) is 8.42 Å². The minimum absolute atomic E-state index is 0.112. The van der Waals surface area contributed by atoms with E-state index < -0.39 is 28.5 Å². The van der Waals surface area contributed by atoms with Crippen molar-refractivity contribution in [2.75, 3.05) is 20.1 Å². The molecule has 0 radical (unpaired) electrons. The Morgan fingerprint density at radius 1 is 1.00 bits per heavy atom. The van der Waals surface area contributed by atoms with Gasteiger partial charge in [0.15, 0.2) is 0 Å². The highest BCUT2D eigenvalue weighted by Gasteiger charge is 2.30. The molecule has 3 aromatic rings. The number of rotatable bonds is 11. The summed E-state index contributed by atoms with van der Waals surface area (Å²) < 4.78 is 28.5. The molecule has 3 rings (SSSR count). The first-order valence-electron chi connectivity index (χ1n) is 11.9. The largest absolute Gasteiger partial charge is 0.354 e. The van der Waals surface area contributed by atoms with Crippen molar-refractivity contribution in [3.8, 4) is 0 Å². The van der Waals surface area contributed by atoms with Gasteiger partial charge in [-0.05, 0) is 53.9 Å². The molecule has 0 bridgehead atoms. The number of likely N-dealkylation sites (N-methyl/N-ethyl adjacent to an activating group) is 1. The van der Waals surface area contributed by atoms with Crippen LogP contribution in [0.1, 0.15) is 32.3 Å². The van der Waals surface area contributed by atoms with Crippen molar-refractivity contribution in [3.05, 3.63) is 76.8 Å². The molecule has 0 aliphatic rings. The van der Waals surface area contributed by atoms with Gasteiger partial charge in [0.1, 0.15) is 6.04 Å². The fraction of sp³-hybridized carbons (Fsp3) is 0.333. The number of carbonyl (C=O) groups excluding carboxylic acids is 2. The fourth-order valence-electron chi connectivity index (χ4n) is 3.78. The highest BCUT2D eigenvalue weighted by molar-refractivity contribution is 9.10. The number of hydrogen-bond acceptors (Lipinski definition) is 4. The summed E-state index contributed by atoms with van der Waals surface area (Å²) in [4.78, 5) is 27.8. The fourth-order valence-corrected chi connectivity index (χ4v) is 5.20. The van der Waals surface area contributed by atoms with E-state index in [4.69, 9.17) is 0 Å². The van der Waals surface area contributed by atoms with E-state index in [1.807, 2.05) is 55.5 Å². The molecule has 0 heterocycles. The Bertz CT molecular complexity index is 1310. The van der Waals surface area contributed by atoms with E-state index >= 15 is 0 Å². The predicted molar refractivity (Wildman–Crippen MR) is 146 cm³/mol. The summed E-state index contributed by atoms with van der Waals surface area (Å²) in [5, 5.41) is 4.60. The number of unbranched alkanes of at least 4 members (excludes halogenated alkanes) is 1. The van der Waals surface area contributed by atoms with E-state index in [-0.39, 0.29) is 17.3 Å². The minimum atomic E-state index is -3.92. The van der Waals surface area contributed by atoms with Gasteiger partial charge in [0.2, 0.25) is 21.8 Å². The van der Waals surface area contributed by atoms with E-state index in [1.54, 1.807) is 25.1 Å². The number of benzene rings is 3. The second-order valence-electron chi connectivity index (χ2n) is 8.74. The SMILES string of the molecule is CCCCNC(=O)[C@@H](C)N(Cc1ccc(Br)cc1)C(=O)CN(C)S(=O)(=O)c1ccc2ccccc2c1. The minimum Gasteiger partial charge on any atom is -0.354 e. The zero-order chi connectivity index (χ0) is 26.3. The van der Waals surface area contributed by atoms with E-state index in [1.165, 1.54) is 11.9 Å². The zero-order valence-electron chi connectivity index (χ0n) is 20.8. The third-order valence-corrected chi connectivity index (χ3v) is 8.38. The summed E-state index contributed by atoms with van der Waals surface area (Å²) >= 11 is 3.40. The number of nitrogens with one attached hydrogen (secondary N) is 1. The van der Waals surface area contributed by atoms with E-state index in [9.17, 15) is 18.0 Å². The number of halogens is 1. The van der Waals surface area contributed by atoms with Crippen molar-refractivity contribution < 1.29 is 18.0 Å². The Balaban J connectivity index is 1.81. The zero-order valence-corrected chi connectivity index (χ0v) is 23.2. The Kier molecular flexibility index (Phi) is 9.64. The molecule has 0 aliphatic heterocycles. The first kappa shape index (κ1) is 27.8. The van der Waals surface area contributed by atoms with Crippen LogP contribution >= 0.6 is 15.9 Å². The predicted octanol–water partition coefficient (Wildman–Crippen LogP) is 4.56. The lowest BCUT2D eigenvalue weighted by molar-refractivity contribution is -0.140. The van der Waals surface area contributed by atoms with Gasteiger partial charge in [0.05, 0.1) is 11.4 Å². The first-order chi connectivity index (χ1) is 17.1. The summed E-state index contributed by atoms with van der Waals surface area (Å²) in [6, 6.07) is 19.1. The van der Waals surface area contributed by atoms with Crippen molar-refractivity contribution in [3.63, 3.8) is 0 Å². The van der Waals surface area contributed by atoms with Gasteiger partial charge < -0.3 is 10.2 Å². The molecular weight excluding hydrogens is 542 g/mol. The van der Waals surface area contributed by atoms with Gasteiger partial charge in [-0.2, -0.15) is 4.31 Å². The molecule has 0 saturated heterocycles. The lowest BCUT2D eigenvalue weighted by Gasteiger charge is -2.30. The summed E-state index contributed by atoms with van der Waals surface area (Å²) in [7, 11) is -2.54. The van der Waals surface area contributed by atoms with Gasteiger partial charge in [-0.1, -0.05) is 71.7 Å². The Labute approximate surface area is 221 Å². The number of hydrogen-bond donors (Lipinski definition) is 1. The average molecular weight is 575 g/mol. The van der Waals surface area contributed by atoms with Crippen LogP contribution in [0, 0.1) is 0 Å².